The summed E-state index contributed by atoms with van der Waals surface area (Å²) in [6, 6.07) is 2.45. The molecule has 166 valence electrons. The Bertz CT molecular complexity index is 1020. The fraction of sp³-hybridized carbons (Fsp3) is 0.500. The van der Waals surface area contributed by atoms with Gasteiger partial charge in [-0.2, -0.15) is 13.2 Å². The molecule has 0 radical (unpaired) electrons. The number of alkyl halides is 5. The van der Waals surface area contributed by atoms with Crippen molar-refractivity contribution < 1.29 is 40.2 Å². The zero-order valence-corrected chi connectivity index (χ0v) is 15.8. The van der Waals surface area contributed by atoms with Crippen LogP contribution < -0.4 is 4.74 Å². The number of hydrogen-bond acceptors (Lipinski definition) is 4. The van der Waals surface area contributed by atoms with Gasteiger partial charge in [0.2, 0.25) is 0 Å². The van der Waals surface area contributed by atoms with Crippen LogP contribution >= 0.6 is 0 Å². The molecule has 4 nitrogen and oxygen atoms in total. The molecule has 6 rings (SSSR count). The number of nitrogens with zero attached hydrogens (tertiary/aromatic N) is 2. The van der Waals surface area contributed by atoms with Crippen molar-refractivity contribution in [2.75, 3.05) is 13.2 Å². The molecule has 11 heteroatoms. The second kappa shape index (κ2) is 6.08. The zero-order valence-electron chi connectivity index (χ0n) is 15.8. The Balaban J connectivity index is 1.31. The highest BCUT2D eigenvalue weighted by Gasteiger charge is 2.86. The topological polar surface area (TPSA) is 47.5 Å². The molecule has 2 heterocycles. The summed E-state index contributed by atoms with van der Waals surface area (Å²) in [5.74, 6) is -5.29. The Morgan fingerprint density at radius 1 is 1.00 bits per heavy atom. The Morgan fingerprint density at radius 2 is 1.61 bits per heavy atom. The molecule has 1 saturated heterocycles. The number of halogens is 7. The van der Waals surface area contributed by atoms with E-state index in [0.717, 1.165) is 24.5 Å². The summed E-state index contributed by atoms with van der Waals surface area (Å²) < 4.78 is 105. The van der Waals surface area contributed by atoms with E-state index in [-0.39, 0.29) is 43.0 Å². The van der Waals surface area contributed by atoms with E-state index in [9.17, 15) is 22.0 Å². The van der Waals surface area contributed by atoms with Crippen LogP contribution in [0.25, 0.3) is 0 Å². The van der Waals surface area contributed by atoms with Crippen LogP contribution in [0.4, 0.5) is 30.7 Å². The van der Waals surface area contributed by atoms with Gasteiger partial charge in [-0.1, -0.05) is 0 Å². The molecule has 1 atom stereocenters. The van der Waals surface area contributed by atoms with Crippen molar-refractivity contribution in [2.45, 2.75) is 42.4 Å². The highest BCUT2D eigenvalue weighted by Crippen LogP contribution is 2.81. The van der Waals surface area contributed by atoms with Crippen molar-refractivity contribution in [2.24, 2.45) is 5.41 Å². The molecule has 4 fully saturated rings. The van der Waals surface area contributed by atoms with Crippen LogP contribution in [0.2, 0.25) is 0 Å². The van der Waals surface area contributed by atoms with Gasteiger partial charge in [0.05, 0.1) is 19.0 Å². The molecule has 1 aromatic heterocycles. The van der Waals surface area contributed by atoms with Gasteiger partial charge in [-0.05, 0) is 31.4 Å². The first kappa shape index (κ1) is 20.5. The quantitative estimate of drug-likeness (QED) is 0.476. The average Bonchev–Trinajstić information content (AvgIpc) is 3.40. The molecule has 1 aromatic carbocycles. The SMILES string of the molecule is Fc1ccc(C2(C(F)(F)C34CC(c5ncc(OCC(F)(F)F)cn5)(C3)C4)CO2)c(F)c1. The summed E-state index contributed by atoms with van der Waals surface area (Å²) in [7, 11) is 0. The van der Waals surface area contributed by atoms with Crippen LogP contribution in [0.5, 0.6) is 5.75 Å². The zero-order chi connectivity index (χ0) is 22.3. The van der Waals surface area contributed by atoms with E-state index in [1.165, 1.54) is 0 Å². The van der Waals surface area contributed by atoms with Gasteiger partial charge < -0.3 is 9.47 Å². The van der Waals surface area contributed by atoms with Crippen molar-refractivity contribution in [3.63, 3.8) is 0 Å². The van der Waals surface area contributed by atoms with E-state index in [0.29, 0.717) is 6.07 Å². The summed E-state index contributed by atoms with van der Waals surface area (Å²) in [4.78, 5) is 8.01. The average molecular weight is 448 g/mol. The smallest absolute Gasteiger partial charge is 0.422 e. The van der Waals surface area contributed by atoms with Crippen LogP contribution in [-0.4, -0.2) is 35.3 Å². The summed E-state index contributed by atoms with van der Waals surface area (Å²) in [5.41, 5.74) is -4.64. The fourth-order valence-corrected chi connectivity index (χ4v) is 5.01. The molecule has 2 aromatic rings. The van der Waals surface area contributed by atoms with E-state index in [1.54, 1.807) is 0 Å². The van der Waals surface area contributed by atoms with Crippen LogP contribution in [0.15, 0.2) is 30.6 Å². The van der Waals surface area contributed by atoms with Crippen molar-refractivity contribution in [3.8, 4) is 5.75 Å². The van der Waals surface area contributed by atoms with E-state index in [4.69, 9.17) is 4.74 Å². The Kier molecular flexibility index (Phi) is 4.02. The standard InChI is InChI=1S/C20H15F7N2O2/c21-11-1-2-13(14(22)3-11)18(9-31-18)20(26,27)17-6-16(7-17,8-17)15-28-4-12(5-29-15)30-10-19(23,24)25/h1-5H,6-10H2. The lowest BCUT2D eigenvalue weighted by molar-refractivity contribution is -0.308. The largest absolute Gasteiger partial charge is 0.481 e. The van der Waals surface area contributed by atoms with E-state index >= 15 is 8.78 Å². The molecule has 3 saturated carbocycles. The summed E-state index contributed by atoms with van der Waals surface area (Å²) in [6.45, 7) is -1.86. The van der Waals surface area contributed by atoms with E-state index < -0.39 is 46.8 Å². The maximum Gasteiger partial charge on any atom is 0.422 e. The van der Waals surface area contributed by atoms with Crippen LogP contribution in [0.1, 0.15) is 30.7 Å². The minimum atomic E-state index is -4.50. The van der Waals surface area contributed by atoms with E-state index in [2.05, 4.69) is 14.7 Å². The lowest BCUT2D eigenvalue weighted by Gasteiger charge is -2.72. The van der Waals surface area contributed by atoms with Gasteiger partial charge in [0.1, 0.15) is 17.5 Å². The maximum absolute atomic E-state index is 15.5. The van der Waals surface area contributed by atoms with Crippen molar-refractivity contribution >= 4 is 0 Å². The highest BCUT2D eigenvalue weighted by atomic mass is 19.4. The van der Waals surface area contributed by atoms with Gasteiger partial charge in [0.25, 0.3) is 5.92 Å². The van der Waals surface area contributed by atoms with Crippen LogP contribution in [0.3, 0.4) is 0 Å². The molecule has 2 bridgehead atoms. The molecule has 3 aliphatic carbocycles. The first-order chi connectivity index (χ1) is 14.4. The van der Waals surface area contributed by atoms with E-state index in [1.807, 2.05) is 0 Å². The van der Waals surface area contributed by atoms with Gasteiger partial charge in [-0.3, -0.25) is 0 Å². The third kappa shape index (κ3) is 2.85. The van der Waals surface area contributed by atoms with Gasteiger partial charge in [0.15, 0.2) is 18.0 Å². The first-order valence-corrected chi connectivity index (χ1v) is 9.42. The number of ether oxygens (including phenoxy) is 2. The Hall–Kier alpha value is -2.43. The minimum Gasteiger partial charge on any atom is -0.481 e. The van der Waals surface area contributed by atoms with Crippen LogP contribution in [-0.2, 0) is 15.8 Å². The molecule has 0 amide bonds. The Morgan fingerprint density at radius 3 is 2.13 bits per heavy atom. The third-order valence-corrected chi connectivity index (χ3v) is 6.51. The Labute approximate surface area is 171 Å². The molecule has 4 aliphatic rings. The van der Waals surface area contributed by atoms with Gasteiger partial charge >= 0.3 is 6.18 Å². The van der Waals surface area contributed by atoms with Crippen molar-refractivity contribution in [3.05, 3.63) is 53.6 Å². The molecule has 0 N–H and O–H groups in total. The molecular weight excluding hydrogens is 433 g/mol. The minimum absolute atomic E-state index is 0.0314. The molecule has 0 spiro atoms. The highest BCUT2D eigenvalue weighted by molar-refractivity contribution is 5.41. The number of aromatic nitrogens is 2. The number of epoxide rings is 1. The van der Waals surface area contributed by atoms with Crippen LogP contribution in [0, 0.1) is 17.0 Å². The molecule has 31 heavy (non-hydrogen) atoms. The maximum atomic E-state index is 15.5. The lowest BCUT2D eigenvalue weighted by Crippen LogP contribution is -2.74. The second-order valence-electron chi connectivity index (χ2n) is 8.55. The predicted octanol–water partition coefficient (Wildman–Crippen LogP) is 4.68. The summed E-state index contributed by atoms with van der Waals surface area (Å²) >= 11 is 0. The fourth-order valence-electron chi connectivity index (χ4n) is 5.01. The molecule has 1 aliphatic heterocycles. The lowest BCUT2D eigenvalue weighted by atomic mass is 9.32. The van der Waals surface area contributed by atoms with Gasteiger partial charge in [-0.25, -0.2) is 27.5 Å². The van der Waals surface area contributed by atoms with Gasteiger partial charge in [-0.15, -0.1) is 0 Å². The third-order valence-electron chi connectivity index (χ3n) is 6.51. The molecular formula is C20H15F7N2O2. The normalized spacial score (nSPS) is 31.6. The number of benzene rings is 1. The monoisotopic (exact) mass is 448 g/mol. The number of rotatable bonds is 6. The predicted molar refractivity (Wildman–Crippen MR) is 90.5 cm³/mol. The number of hydrogen-bond donors (Lipinski definition) is 0. The molecule has 1 unspecified atom stereocenters. The van der Waals surface area contributed by atoms with Crippen molar-refractivity contribution in [1.82, 2.24) is 9.97 Å². The second-order valence-corrected chi connectivity index (χ2v) is 8.55. The van der Waals surface area contributed by atoms with Crippen molar-refractivity contribution in [1.29, 1.82) is 0 Å². The van der Waals surface area contributed by atoms with Gasteiger partial charge in [0, 0.05) is 22.5 Å². The first-order valence-electron chi connectivity index (χ1n) is 9.42. The summed E-state index contributed by atoms with van der Waals surface area (Å²) in [6.07, 6.45) is -2.25. The summed E-state index contributed by atoms with van der Waals surface area (Å²) in [5, 5.41) is 0.